The minimum absolute atomic E-state index is 0.0529. The second kappa shape index (κ2) is 12.8. The third kappa shape index (κ3) is 7.32. The summed E-state index contributed by atoms with van der Waals surface area (Å²) in [4.78, 5) is 1.90. The minimum atomic E-state index is -0.776. The van der Waals surface area contributed by atoms with Gasteiger partial charge >= 0.3 is 0 Å². The van der Waals surface area contributed by atoms with E-state index in [1.807, 2.05) is 49.1 Å². The molecule has 2 aromatic rings. The van der Waals surface area contributed by atoms with Crippen molar-refractivity contribution >= 4 is 23.0 Å². The maximum absolute atomic E-state index is 10.6. The Morgan fingerprint density at radius 1 is 1.09 bits per heavy atom. The molecule has 0 saturated carbocycles. The number of hydrogen-bond donors (Lipinski definition) is 2. The maximum atomic E-state index is 10.6. The highest BCUT2D eigenvalue weighted by Gasteiger charge is 2.20. The monoisotopic (exact) mass is 460 g/mol. The quantitative estimate of drug-likeness (QED) is 0.362. The number of para-hydroxylation sites is 2. The molecule has 0 spiro atoms. The van der Waals surface area contributed by atoms with Gasteiger partial charge in [-0.2, -0.15) is 0 Å². The normalized spacial score (nSPS) is 11.4. The number of nitrogens with one attached hydrogen (secondary N) is 1. The van der Waals surface area contributed by atoms with Crippen molar-refractivity contribution in [2.24, 2.45) is 0 Å². The number of aliphatic hydroxyl groups is 1. The summed E-state index contributed by atoms with van der Waals surface area (Å²) in [5, 5.41) is 14.3. The summed E-state index contributed by atoms with van der Waals surface area (Å²) in [5.41, 5.74) is 0.711. The number of nitrogens with zero attached hydrogens (tertiary/aromatic N) is 1. The van der Waals surface area contributed by atoms with Crippen LogP contribution in [0.1, 0.15) is 13.8 Å². The zero-order valence-electron chi connectivity index (χ0n) is 19.0. The first-order chi connectivity index (χ1) is 15.4. The van der Waals surface area contributed by atoms with Crippen molar-refractivity contribution in [3.63, 3.8) is 0 Å². The summed E-state index contributed by atoms with van der Waals surface area (Å²) in [6.07, 6.45) is 0.889. The summed E-state index contributed by atoms with van der Waals surface area (Å²) in [5.74, 6) is 2.46. The maximum Gasteiger partial charge on any atom is 0.173 e. The Hall–Kier alpha value is -2.97. The minimum Gasteiger partial charge on any atom is -0.497 e. The van der Waals surface area contributed by atoms with E-state index in [0.717, 1.165) is 0 Å². The smallest absolute Gasteiger partial charge is 0.173 e. The highest BCUT2D eigenvalue weighted by atomic mass is 32.1. The van der Waals surface area contributed by atoms with Gasteiger partial charge in [0, 0.05) is 18.7 Å². The van der Waals surface area contributed by atoms with Crippen LogP contribution in [-0.4, -0.2) is 61.2 Å². The first-order valence-electron chi connectivity index (χ1n) is 10.3. The van der Waals surface area contributed by atoms with Crippen molar-refractivity contribution in [1.82, 2.24) is 4.90 Å². The van der Waals surface area contributed by atoms with Crippen LogP contribution in [-0.2, 0) is 0 Å². The van der Waals surface area contributed by atoms with E-state index in [9.17, 15) is 5.11 Å². The lowest BCUT2D eigenvalue weighted by atomic mass is 10.2. The van der Waals surface area contributed by atoms with Gasteiger partial charge in [0.25, 0.3) is 0 Å². The number of benzene rings is 2. The van der Waals surface area contributed by atoms with Crippen LogP contribution in [0.4, 0.5) is 5.69 Å². The van der Waals surface area contributed by atoms with Crippen LogP contribution in [0, 0.1) is 0 Å². The third-order valence-electron chi connectivity index (χ3n) is 4.58. The van der Waals surface area contributed by atoms with Gasteiger partial charge in [-0.15, -0.1) is 0 Å². The summed E-state index contributed by atoms with van der Waals surface area (Å²) in [6, 6.07) is 12.8. The molecule has 0 heterocycles. The van der Waals surface area contributed by atoms with Crippen molar-refractivity contribution in [1.29, 1.82) is 0 Å². The molecule has 2 aromatic carbocycles. The number of anilines is 1. The third-order valence-corrected chi connectivity index (χ3v) is 4.92. The van der Waals surface area contributed by atoms with E-state index in [2.05, 4.69) is 11.9 Å². The molecule has 174 valence electrons. The first kappa shape index (κ1) is 25.3. The molecule has 7 nitrogen and oxygen atoms in total. The molecule has 0 bridgehead atoms. The average molecular weight is 461 g/mol. The lowest BCUT2D eigenvalue weighted by Gasteiger charge is -2.31. The predicted octanol–water partition coefficient (Wildman–Crippen LogP) is 4.12. The molecule has 1 atom stereocenters. The van der Waals surface area contributed by atoms with Crippen molar-refractivity contribution in [3.8, 4) is 23.0 Å². The second-order valence-electron chi connectivity index (χ2n) is 7.25. The van der Waals surface area contributed by atoms with Crippen molar-refractivity contribution in [2.45, 2.75) is 26.0 Å². The van der Waals surface area contributed by atoms with Gasteiger partial charge in [0.2, 0.25) is 0 Å². The zero-order chi connectivity index (χ0) is 23.5. The molecule has 0 aliphatic heterocycles. The molecule has 0 aromatic heterocycles. The summed E-state index contributed by atoms with van der Waals surface area (Å²) in [6.45, 7) is 8.41. The van der Waals surface area contributed by atoms with Gasteiger partial charge in [0.05, 0.1) is 19.9 Å². The Balaban J connectivity index is 2.01. The second-order valence-corrected chi connectivity index (χ2v) is 7.64. The predicted molar refractivity (Wildman–Crippen MR) is 131 cm³/mol. The Kier molecular flexibility index (Phi) is 10.1. The molecule has 0 saturated heterocycles. The van der Waals surface area contributed by atoms with Gasteiger partial charge in [0.1, 0.15) is 30.8 Å². The van der Waals surface area contributed by atoms with Crippen molar-refractivity contribution in [3.05, 3.63) is 55.1 Å². The molecule has 0 amide bonds. The van der Waals surface area contributed by atoms with Gasteiger partial charge in [-0.05, 0) is 50.3 Å². The summed E-state index contributed by atoms with van der Waals surface area (Å²) >= 11 is 5.61. The zero-order valence-corrected chi connectivity index (χ0v) is 19.9. The number of hydrogen-bond acceptors (Lipinski definition) is 6. The molecule has 2 N–H and O–H groups in total. The number of methoxy groups -OCH3 is 2. The van der Waals surface area contributed by atoms with Gasteiger partial charge in [0.15, 0.2) is 16.6 Å². The van der Waals surface area contributed by atoms with Crippen LogP contribution in [0.25, 0.3) is 0 Å². The van der Waals surface area contributed by atoms with E-state index in [-0.39, 0.29) is 19.2 Å². The molecule has 1 unspecified atom stereocenters. The Labute approximate surface area is 195 Å². The molecule has 0 aliphatic rings. The fourth-order valence-electron chi connectivity index (χ4n) is 2.92. The van der Waals surface area contributed by atoms with Crippen LogP contribution in [0.15, 0.2) is 55.1 Å². The highest BCUT2D eigenvalue weighted by molar-refractivity contribution is 7.80. The Bertz CT molecular complexity index is 890. The summed E-state index contributed by atoms with van der Waals surface area (Å²) in [7, 11) is 3.18. The van der Waals surface area contributed by atoms with Crippen LogP contribution in [0.2, 0.25) is 0 Å². The number of aliphatic hydroxyl groups excluding tert-OH is 1. The number of thiocarbonyl (C=S) groups is 1. The van der Waals surface area contributed by atoms with E-state index >= 15 is 0 Å². The van der Waals surface area contributed by atoms with Gasteiger partial charge in [-0.25, -0.2) is 0 Å². The van der Waals surface area contributed by atoms with Gasteiger partial charge in [-0.1, -0.05) is 24.8 Å². The molecule has 0 fully saturated rings. The number of ether oxygens (including phenoxy) is 4. The van der Waals surface area contributed by atoms with Crippen molar-refractivity contribution < 1.29 is 24.1 Å². The van der Waals surface area contributed by atoms with Crippen LogP contribution in [0.5, 0.6) is 23.0 Å². The Morgan fingerprint density at radius 2 is 1.78 bits per heavy atom. The fourth-order valence-corrected chi connectivity index (χ4v) is 3.32. The van der Waals surface area contributed by atoms with Crippen LogP contribution in [0.3, 0.4) is 0 Å². The van der Waals surface area contributed by atoms with Crippen molar-refractivity contribution in [2.75, 3.05) is 39.3 Å². The van der Waals surface area contributed by atoms with E-state index in [4.69, 9.17) is 31.2 Å². The van der Waals surface area contributed by atoms with Crippen LogP contribution < -0.4 is 24.3 Å². The topological polar surface area (TPSA) is 72.4 Å². The fraction of sp³-hybridized carbons (Fsp3) is 0.375. The standard InChI is InChI=1S/C24H32N2O5S/c1-6-13-30-21-9-7-8-10-22(21)31-16-18(27)15-26(17(2)3)24(32)25-20-12-11-19(28-4)14-23(20)29-5/h6-12,14,17-18,27H,1,13,15-16H2,2-5H3,(H,25,32). The Morgan fingerprint density at radius 3 is 2.38 bits per heavy atom. The van der Waals surface area contributed by atoms with E-state index in [1.165, 1.54) is 0 Å². The van der Waals surface area contributed by atoms with Crippen LogP contribution >= 0.6 is 12.2 Å². The van der Waals surface area contributed by atoms with Gasteiger partial charge in [-0.3, -0.25) is 0 Å². The van der Waals surface area contributed by atoms with E-state index in [0.29, 0.717) is 40.4 Å². The van der Waals surface area contributed by atoms with E-state index in [1.54, 1.807) is 32.4 Å². The molecular formula is C24H32N2O5S. The molecular weight excluding hydrogens is 428 g/mol. The largest absolute Gasteiger partial charge is 0.497 e. The molecule has 0 radical (unpaired) electrons. The molecule has 2 rings (SSSR count). The SMILES string of the molecule is C=CCOc1ccccc1OCC(O)CN(C(=S)Nc1ccc(OC)cc1OC)C(C)C. The summed E-state index contributed by atoms with van der Waals surface area (Å²) < 4.78 is 22.1. The van der Waals surface area contributed by atoms with Gasteiger partial charge < -0.3 is 34.3 Å². The van der Waals surface area contributed by atoms with E-state index < -0.39 is 6.10 Å². The highest BCUT2D eigenvalue weighted by Crippen LogP contribution is 2.29. The lowest BCUT2D eigenvalue weighted by molar-refractivity contribution is 0.0800. The molecule has 0 aliphatic carbocycles. The number of rotatable bonds is 12. The molecule has 8 heteroatoms. The first-order valence-corrected chi connectivity index (χ1v) is 10.7. The lowest BCUT2D eigenvalue weighted by Crippen LogP contribution is -2.45. The average Bonchev–Trinajstić information content (AvgIpc) is 2.80. The molecule has 32 heavy (non-hydrogen) atoms.